The zero-order valence-electron chi connectivity index (χ0n) is 27.8. The topological polar surface area (TPSA) is 54.1 Å². The summed E-state index contributed by atoms with van der Waals surface area (Å²) in [6, 6.07) is 57.6. The third-order valence-electron chi connectivity index (χ3n) is 8.79. The first-order valence-corrected chi connectivity index (χ1v) is 16.5. The highest BCUT2D eigenvalue weighted by Gasteiger charge is 2.31. The summed E-state index contributed by atoms with van der Waals surface area (Å²) in [6.07, 6.45) is 0. The maximum Gasteiger partial charge on any atom is 0.164 e. The maximum absolute atomic E-state index is 5.99. The number of ether oxygens (including phenoxy) is 2. The van der Waals surface area contributed by atoms with Crippen molar-refractivity contribution in [1.82, 2.24) is 19.3 Å². The van der Waals surface area contributed by atoms with E-state index in [4.69, 9.17) is 19.4 Å². The van der Waals surface area contributed by atoms with Crippen molar-refractivity contribution in [3.63, 3.8) is 0 Å². The molecule has 0 aliphatic carbocycles. The van der Waals surface area contributed by atoms with Gasteiger partial charge in [-0.15, -0.1) is 0 Å². The molecule has 0 N–H and O–H groups in total. The minimum absolute atomic E-state index is 0.700. The molecule has 6 nitrogen and oxygen atoms in total. The van der Waals surface area contributed by atoms with Gasteiger partial charge < -0.3 is 9.47 Å². The summed E-state index contributed by atoms with van der Waals surface area (Å²) < 4.78 is 16.4. The Balaban J connectivity index is 1.62. The normalized spacial score (nSPS) is 11.0. The van der Waals surface area contributed by atoms with Crippen molar-refractivity contribution in [2.24, 2.45) is 0 Å². The van der Waals surface area contributed by atoms with E-state index in [1.165, 1.54) is 0 Å². The Morgan fingerprint density at radius 3 is 1.00 bits per heavy atom. The monoisotopic (exact) mass is 650 g/mol. The molecule has 50 heavy (non-hydrogen) atoms. The van der Waals surface area contributed by atoms with Gasteiger partial charge in [0.2, 0.25) is 0 Å². The molecule has 242 valence electrons. The van der Waals surface area contributed by atoms with Crippen molar-refractivity contribution >= 4 is 0 Å². The van der Waals surface area contributed by atoms with Crippen molar-refractivity contribution in [1.29, 1.82) is 0 Å². The van der Waals surface area contributed by atoms with E-state index in [1.54, 1.807) is 14.2 Å². The largest absolute Gasteiger partial charge is 0.496 e. The second-order valence-electron chi connectivity index (χ2n) is 11.8. The van der Waals surface area contributed by atoms with Crippen LogP contribution in [0.15, 0.2) is 170 Å². The molecule has 0 spiro atoms. The molecule has 8 rings (SSSR count). The van der Waals surface area contributed by atoms with Crippen molar-refractivity contribution in [3.05, 3.63) is 170 Å². The highest BCUT2D eigenvalue weighted by atomic mass is 16.5. The van der Waals surface area contributed by atoms with Crippen LogP contribution in [0.4, 0.5) is 0 Å². The van der Waals surface area contributed by atoms with Crippen LogP contribution in [0.25, 0.3) is 67.8 Å². The Labute approximate surface area is 291 Å². The maximum atomic E-state index is 5.99. The zero-order valence-corrected chi connectivity index (χ0v) is 27.8. The average Bonchev–Trinajstić information content (AvgIpc) is 3.79. The third kappa shape index (κ3) is 5.43. The van der Waals surface area contributed by atoms with Crippen LogP contribution >= 0.6 is 0 Å². The number of nitrogens with zero attached hydrogens (tertiary/aromatic N) is 4. The molecule has 0 saturated carbocycles. The smallest absolute Gasteiger partial charge is 0.164 e. The van der Waals surface area contributed by atoms with E-state index in [-0.39, 0.29) is 0 Å². The van der Waals surface area contributed by atoms with Crippen molar-refractivity contribution in [3.8, 4) is 79.3 Å². The molecule has 2 aromatic heterocycles. The minimum atomic E-state index is 0.700. The van der Waals surface area contributed by atoms with E-state index >= 15 is 0 Å². The predicted octanol–water partition coefficient (Wildman–Crippen LogP) is 10.4. The Hall–Kier alpha value is -6.66. The van der Waals surface area contributed by atoms with Gasteiger partial charge in [-0.05, 0) is 24.3 Å². The second kappa shape index (κ2) is 13.5. The fraction of sp³-hybridized carbons (Fsp3) is 0.0455. The van der Waals surface area contributed by atoms with E-state index in [1.807, 2.05) is 84.9 Å². The van der Waals surface area contributed by atoms with E-state index in [9.17, 15) is 0 Å². The van der Waals surface area contributed by atoms with Crippen LogP contribution in [0.1, 0.15) is 0 Å². The van der Waals surface area contributed by atoms with Gasteiger partial charge in [0.15, 0.2) is 11.6 Å². The van der Waals surface area contributed by atoms with E-state index < -0.39 is 0 Å². The summed E-state index contributed by atoms with van der Waals surface area (Å²) in [7, 11) is 3.39. The molecule has 0 aliphatic heterocycles. The SMILES string of the molecule is COc1ccccc1-c1nc(-c2ccccc2)c(-c2ccccc2)n1-n1c(-c2ccccc2OC)nc(-c2ccccc2)c1-c1ccccc1. The van der Waals surface area contributed by atoms with Crippen molar-refractivity contribution < 1.29 is 9.47 Å². The molecule has 0 radical (unpaired) electrons. The highest BCUT2D eigenvalue weighted by molar-refractivity contribution is 5.87. The first-order valence-electron chi connectivity index (χ1n) is 16.5. The Morgan fingerprint density at radius 2 is 0.660 bits per heavy atom. The molecular formula is C44H34N4O2. The molecular weight excluding hydrogens is 617 g/mol. The fourth-order valence-corrected chi connectivity index (χ4v) is 6.53. The molecule has 0 fully saturated rings. The van der Waals surface area contributed by atoms with Gasteiger partial charge in [0.05, 0.1) is 48.1 Å². The van der Waals surface area contributed by atoms with E-state index in [0.717, 1.165) is 56.2 Å². The number of hydrogen-bond donors (Lipinski definition) is 0. The third-order valence-corrected chi connectivity index (χ3v) is 8.79. The fourth-order valence-electron chi connectivity index (χ4n) is 6.53. The lowest BCUT2D eigenvalue weighted by atomic mass is 10.0. The number of benzene rings is 6. The van der Waals surface area contributed by atoms with Crippen LogP contribution in [0.3, 0.4) is 0 Å². The molecule has 0 unspecified atom stereocenters. The lowest BCUT2D eigenvalue weighted by Gasteiger charge is -2.21. The van der Waals surface area contributed by atoms with E-state index in [2.05, 4.69) is 94.3 Å². The Morgan fingerprint density at radius 1 is 0.360 bits per heavy atom. The van der Waals surface area contributed by atoms with Gasteiger partial charge in [-0.3, -0.25) is 0 Å². The summed E-state index contributed by atoms with van der Waals surface area (Å²) in [4.78, 5) is 11.0. The van der Waals surface area contributed by atoms with Gasteiger partial charge >= 0.3 is 0 Å². The molecule has 6 aromatic carbocycles. The highest BCUT2D eigenvalue weighted by Crippen LogP contribution is 2.44. The lowest BCUT2D eigenvalue weighted by Crippen LogP contribution is -2.16. The number of methoxy groups -OCH3 is 2. The quantitative estimate of drug-likeness (QED) is 0.156. The average molecular weight is 651 g/mol. The molecule has 0 aliphatic rings. The van der Waals surface area contributed by atoms with Crippen LogP contribution in [-0.4, -0.2) is 33.5 Å². The van der Waals surface area contributed by atoms with Gasteiger partial charge in [0, 0.05) is 22.3 Å². The zero-order chi connectivity index (χ0) is 33.9. The summed E-state index contributed by atoms with van der Waals surface area (Å²) in [5, 5.41) is 0. The molecule has 0 atom stereocenters. The van der Waals surface area contributed by atoms with Crippen LogP contribution in [0.2, 0.25) is 0 Å². The second-order valence-corrected chi connectivity index (χ2v) is 11.8. The van der Waals surface area contributed by atoms with Crippen molar-refractivity contribution in [2.45, 2.75) is 0 Å². The Kier molecular flexibility index (Phi) is 8.25. The number of aromatic nitrogens is 4. The van der Waals surface area contributed by atoms with Gasteiger partial charge in [-0.25, -0.2) is 19.3 Å². The number of hydrogen-bond acceptors (Lipinski definition) is 4. The molecule has 8 aromatic rings. The first kappa shape index (κ1) is 30.7. The number of imidazole rings is 2. The molecule has 2 heterocycles. The van der Waals surface area contributed by atoms with Crippen LogP contribution in [0.5, 0.6) is 11.5 Å². The molecule has 0 bridgehead atoms. The van der Waals surface area contributed by atoms with Gasteiger partial charge in [-0.2, -0.15) is 0 Å². The minimum Gasteiger partial charge on any atom is -0.496 e. The van der Waals surface area contributed by atoms with Crippen molar-refractivity contribution in [2.75, 3.05) is 14.2 Å². The number of para-hydroxylation sites is 2. The van der Waals surface area contributed by atoms with Gasteiger partial charge in [0.25, 0.3) is 0 Å². The van der Waals surface area contributed by atoms with Gasteiger partial charge in [-0.1, -0.05) is 146 Å². The summed E-state index contributed by atoms with van der Waals surface area (Å²) in [5.74, 6) is 2.82. The first-order chi connectivity index (χ1) is 24.8. The lowest BCUT2D eigenvalue weighted by molar-refractivity contribution is 0.415. The van der Waals surface area contributed by atoms with E-state index in [0.29, 0.717) is 23.1 Å². The molecule has 6 heteroatoms. The van der Waals surface area contributed by atoms with Crippen LogP contribution in [0, 0.1) is 0 Å². The molecule has 0 saturated heterocycles. The van der Waals surface area contributed by atoms with Gasteiger partial charge in [0.1, 0.15) is 11.5 Å². The van der Waals surface area contributed by atoms with Crippen LogP contribution in [-0.2, 0) is 0 Å². The number of rotatable bonds is 9. The molecule has 0 amide bonds. The Bertz CT molecular complexity index is 2210. The summed E-state index contributed by atoms with van der Waals surface area (Å²) in [6.45, 7) is 0. The standard InChI is InChI=1S/C44H34N4O2/c1-49-37-29-17-15-27-35(37)43-45-39(31-19-7-3-8-20-31)41(33-23-11-5-12-24-33)47(43)48-42(34-25-13-6-14-26-34)40(32-21-9-4-10-22-32)46-44(48)36-28-16-18-30-38(36)50-2/h3-30H,1-2H3. The summed E-state index contributed by atoms with van der Waals surface area (Å²) >= 11 is 0. The predicted molar refractivity (Wildman–Crippen MR) is 201 cm³/mol. The van der Waals surface area contributed by atoms with Crippen LogP contribution < -0.4 is 9.47 Å². The summed E-state index contributed by atoms with van der Waals surface area (Å²) in [5.41, 5.74) is 9.14.